The minimum atomic E-state index is 0.0780. The molecular weight excluding hydrogens is 350 g/mol. The third-order valence-electron chi connectivity index (χ3n) is 4.33. The molecule has 0 bridgehead atoms. The van der Waals surface area contributed by atoms with Gasteiger partial charge in [-0.25, -0.2) is 4.98 Å². The number of methoxy groups -OCH3 is 1. The number of hydrogen-bond acceptors (Lipinski definition) is 6. The van der Waals surface area contributed by atoms with Crippen molar-refractivity contribution in [3.8, 4) is 16.3 Å². The Morgan fingerprint density at radius 2 is 2.23 bits per heavy atom. The molecule has 0 atom stereocenters. The van der Waals surface area contributed by atoms with E-state index in [0.29, 0.717) is 19.4 Å². The number of thiazole rings is 1. The third kappa shape index (κ3) is 5.52. The average Bonchev–Trinajstić information content (AvgIpc) is 3.16. The van der Waals surface area contributed by atoms with Crippen molar-refractivity contribution in [3.63, 3.8) is 0 Å². The number of aromatic nitrogens is 1. The Hall–Kier alpha value is -1.96. The second-order valence-corrected chi connectivity index (χ2v) is 7.04. The van der Waals surface area contributed by atoms with E-state index in [-0.39, 0.29) is 5.91 Å². The van der Waals surface area contributed by atoms with E-state index in [9.17, 15) is 4.79 Å². The number of benzene rings is 1. The van der Waals surface area contributed by atoms with Crippen LogP contribution in [0.1, 0.15) is 12.1 Å². The molecule has 1 aliphatic rings. The Labute approximate surface area is 158 Å². The molecule has 1 amide bonds. The van der Waals surface area contributed by atoms with Gasteiger partial charge in [0.15, 0.2) is 0 Å². The number of rotatable bonds is 8. The van der Waals surface area contributed by atoms with E-state index in [2.05, 4.69) is 15.2 Å². The lowest BCUT2D eigenvalue weighted by atomic mass is 10.2. The van der Waals surface area contributed by atoms with Crippen molar-refractivity contribution in [1.29, 1.82) is 0 Å². The summed E-state index contributed by atoms with van der Waals surface area (Å²) in [5.41, 5.74) is 1.99. The van der Waals surface area contributed by atoms with Crippen LogP contribution in [0.25, 0.3) is 10.6 Å². The molecule has 0 unspecified atom stereocenters. The van der Waals surface area contributed by atoms with E-state index in [1.165, 1.54) is 0 Å². The summed E-state index contributed by atoms with van der Waals surface area (Å²) in [5, 5.41) is 5.97. The first-order valence-corrected chi connectivity index (χ1v) is 9.78. The lowest BCUT2D eigenvalue weighted by Gasteiger charge is -2.26. The molecule has 140 valence electrons. The molecule has 0 spiro atoms. The second-order valence-electron chi connectivity index (χ2n) is 6.18. The van der Waals surface area contributed by atoms with E-state index < -0.39 is 0 Å². The highest BCUT2D eigenvalue weighted by Crippen LogP contribution is 2.27. The number of hydrogen-bond donors (Lipinski definition) is 1. The molecule has 1 aliphatic heterocycles. The fourth-order valence-electron chi connectivity index (χ4n) is 2.82. The molecule has 1 aromatic heterocycles. The number of ether oxygens (including phenoxy) is 2. The molecule has 26 heavy (non-hydrogen) atoms. The summed E-state index contributed by atoms with van der Waals surface area (Å²) in [6.45, 7) is 5.03. The molecule has 1 fully saturated rings. The van der Waals surface area contributed by atoms with E-state index in [4.69, 9.17) is 9.47 Å². The molecule has 2 aromatic rings. The van der Waals surface area contributed by atoms with Gasteiger partial charge in [0.25, 0.3) is 0 Å². The predicted molar refractivity (Wildman–Crippen MR) is 103 cm³/mol. The highest BCUT2D eigenvalue weighted by Gasteiger charge is 2.11. The van der Waals surface area contributed by atoms with Gasteiger partial charge in [-0.3, -0.25) is 9.69 Å². The number of aryl methyl sites for hydroxylation is 1. The number of morpholine rings is 1. The van der Waals surface area contributed by atoms with Crippen molar-refractivity contribution in [1.82, 2.24) is 15.2 Å². The minimum absolute atomic E-state index is 0.0780. The van der Waals surface area contributed by atoms with E-state index >= 15 is 0 Å². The summed E-state index contributed by atoms with van der Waals surface area (Å²) in [6, 6.07) is 7.86. The monoisotopic (exact) mass is 375 g/mol. The fourth-order valence-corrected chi connectivity index (χ4v) is 3.67. The highest BCUT2D eigenvalue weighted by atomic mass is 32.1. The summed E-state index contributed by atoms with van der Waals surface area (Å²) >= 11 is 1.59. The zero-order valence-corrected chi connectivity index (χ0v) is 15.9. The normalized spacial score (nSPS) is 15.0. The zero-order chi connectivity index (χ0) is 18.2. The number of amides is 1. The second kappa shape index (κ2) is 9.66. The third-order valence-corrected chi connectivity index (χ3v) is 5.27. The Balaban J connectivity index is 1.41. The Bertz CT molecular complexity index is 714. The average molecular weight is 375 g/mol. The van der Waals surface area contributed by atoms with Gasteiger partial charge in [-0.2, -0.15) is 0 Å². The smallest absolute Gasteiger partial charge is 0.220 e. The Morgan fingerprint density at radius 1 is 1.38 bits per heavy atom. The molecule has 1 aromatic carbocycles. The largest absolute Gasteiger partial charge is 0.497 e. The van der Waals surface area contributed by atoms with Gasteiger partial charge in [-0.05, 0) is 18.6 Å². The number of carbonyl (C=O) groups is 1. The summed E-state index contributed by atoms with van der Waals surface area (Å²) in [7, 11) is 1.66. The van der Waals surface area contributed by atoms with Gasteiger partial charge in [0.1, 0.15) is 10.8 Å². The molecule has 0 radical (unpaired) electrons. The van der Waals surface area contributed by atoms with Crippen LogP contribution >= 0.6 is 11.3 Å². The molecule has 1 N–H and O–H groups in total. The van der Waals surface area contributed by atoms with Crippen molar-refractivity contribution in [2.45, 2.75) is 12.8 Å². The molecular formula is C19H25N3O3S. The number of carbonyl (C=O) groups excluding carboxylic acids is 1. The van der Waals surface area contributed by atoms with Gasteiger partial charge in [0, 0.05) is 43.5 Å². The summed E-state index contributed by atoms with van der Waals surface area (Å²) in [4.78, 5) is 19.0. The van der Waals surface area contributed by atoms with Gasteiger partial charge in [-0.1, -0.05) is 12.1 Å². The molecule has 1 saturated heterocycles. The van der Waals surface area contributed by atoms with E-state index in [1.54, 1.807) is 18.4 Å². The van der Waals surface area contributed by atoms with Crippen LogP contribution in [0, 0.1) is 0 Å². The Kier molecular flexibility index (Phi) is 6.99. The lowest BCUT2D eigenvalue weighted by molar-refractivity contribution is -0.121. The maximum Gasteiger partial charge on any atom is 0.220 e. The topological polar surface area (TPSA) is 63.7 Å². The van der Waals surface area contributed by atoms with Crippen LogP contribution in [0.15, 0.2) is 29.6 Å². The number of nitrogens with zero attached hydrogens (tertiary/aromatic N) is 2. The summed E-state index contributed by atoms with van der Waals surface area (Å²) in [5.74, 6) is 0.896. The first-order valence-electron chi connectivity index (χ1n) is 8.90. The van der Waals surface area contributed by atoms with Crippen LogP contribution < -0.4 is 10.1 Å². The SMILES string of the molecule is COc1cccc(-c2nc(CCC(=O)NCCN3CCOCC3)cs2)c1. The Morgan fingerprint density at radius 3 is 3.04 bits per heavy atom. The highest BCUT2D eigenvalue weighted by molar-refractivity contribution is 7.13. The molecule has 0 saturated carbocycles. The fraction of sp³-hybridized carbons (Fsp3) is 0.474. The van der Waals surface area contributed by atoms with Gasteiger partial charge < -0.3 is 14.8 Å². The van der Waals surface area contributed by atoms with Crippen molar-refractivity contribution in [3.05, 3.63) is 35.3 Å². The summed E-state index contributed by atoms with van der Waals surface area (Å²) in [6.07, 6.45) is 1.12. The standard InChI is InChI=1S/C19H25N3O3S/c1-24-17-4-2-3-15(13-17)19-21-16(14-26-19)5-6-18(23)20-7-8-22-9-11-25-12-10-22/h2-4,13-14H,5-12H2,1H3,(H,20,23). The van der Waals surface area contributed by atoms with E-state index in [1.807, 2.05) is 29.6 Å². The lowest BCUT2D eigenvalue weighted by Crippen LogP contribution is -2.41. The van der Waals surface area contributed by atoms with Gasteiger partial charge in [0.2, 0.25) is 5.91 Å². The van der Waals surface area contributed by atoms with Crippen molar-refractivity contribution in [2.24, 2.45) is 0 Å². The minimum Gasteiger partial charge on any atom is -0.497 e. The van der Waals surface area contributed by atoms with Gasteiger partial charge in [-0.15, -0.1) is 11.3 Å². The molecule has 0 aliphatic carbocycles. The zero-order valence-electron chi connectivity index (χ0n) is 15.1. The first-order chi connectivity index (χ1) is 12.7. The van der Waals surface area contributed by atoms with E-state index in [0.717, 1.165) is 54.9 Å². The first kappa shape index (κ1) is 18.8. The molecule has 7 heteroatoms. The van der Waals surface area contributed by atoms with Crippen LogP contribution in [-0.2, 0) is 16.0 Å². The quantitative estimate of drug-likeness (QED) is 0.766. The molecule has 2 heterocycles. The van der Waals surface area contributed by atoms with Crippen molar-refractivity contribution < 1.29 is 14.3 Å². The van der Waals surface area contributed by atoms with Gasteiger partial charge in [0.05, 0.1) is 26.0 Å². The maximum atomic E-state index is 12.0. The maximum absolute atomic E-state index is 12.0. The molecule has 6 nitrogen and oxygen atoms in total. The molecule has 3 rings (SSSR count). The van der Waals surface area contributed by atoms with Crippen molar-refractivity contribution in [2.75, 3.05) is 46.5 Å². The van der Waals surface area contributed by atoms with Crippen LogP contribution in [-0.4, -0.2) is 62.3 Å². The van der Waals surface area contributed by atoms with Crippen LogP contribution in [0.5, 0.6) is 5.75 Å². The predicted octanol–water partition coefficient (Wildman–Crippen LogP) is 2.20. The van der Waals surface area contributed by atoms with Crippen LogP contribution in [0.2, 0.25) is 0 Å². The van der Waals surface area contributed by atoms with Crippen LogP contribution in [0.3, 0.4) is 0 Å². The number of nitrogens with one attached hydrogen (secondary N) is 1. The van der Waals surface area contributed by atoms with Crippen LogP contribution in [0.4, 0.5) is 0 Å². The van der Waals surface area contributed by atoms with Gasteiger partial charge >= 0.3 is 0 Å². The van der Waals surface area contributed by atoms with Crippen molar-refractivity contribution >= 4 is 17.2 Å². The summed E-state index contributed by atoms with van der Waals surface area (Å²) < 4.78 is 10.6.